The van der Waals surface area contributed by atoms with Crippen molar-refractivity contribution in [1.29, 1.82) is 0 Å². The molecule has 1 aromatic carbocycles. The molecular weight excluding hydrogens is 348 g/mol. The molecule has 2 N–H and O–H groups in total. The van der Waals surface area contributed by atoms with Crippen LogP contribution in [0.25, 0.3) is 0 Å². The highest BCUT2D eigenvalue weighted by Crippen LogP contribution is 2.22. The van der Waals surface area contributed by atoms with E-state index < -0.39 is 12.0 Å². The van der Waals surface area contributed by atoms with Gasteiger partial charge < -0.3 is 24.6 Å². The zero-order valence-corrected chi connectivity index (χ0v) is 14.7. The number of esters is 1. The Bertz CT molecular complexity index is 762. The fourth-order valence-corrected chi connectivity index (χ4v) is 2.42. The first-order valence-electron chi connectivity index (χ1n) is 7.47. The highest BCUT2D eigenvalue weighted by Gasteiger charge is 2.17. The van der Waals surface area contributed by atoms with Gasteiger partial charge in [0.15, 0.2) is 0 Å². The normalized spacial score (nSPS) is 10.4. The highest BCUT2D eigenvalue weighted by atomic mass is 35.5. The number of aryl methyl sites for hydroxylation is 1. The number of ether oxygens (including phenoxy) is 1. The van der Waals surface area contributed by atoms with Gasteiger partial charge in [0, 0.05) is 31.7 Å². The Kier molecular flexibility index (Phi) is 6.37. The van der Waals surface area contributed by atoms with Crippen molar-refractivity contribution in [1.82, 2.24) is 14.5 Å². The number of aliphatic hydroxyl groups excluding tert-OH is 1. The lowest BCUT2D eigenvalue weighted by Crippen LogP contribution is -2.37. The van der Waals surface area contributed by atoms with Crippen LogP contribution in [0.1, 0.15) is 16.2 Å². The van der Waals surface area contributed by atoms with Crippen LogP contribution in [0.2, 0.25) is 5.02 Å². The number of nitrogens with zero attached hydrogens (tertiary/aromatic N) is 3. The van der Waals surface area contributed by atoms with Crippen molar-refractivity contribution in [2.75, 3.05) is 25.6 Å². The first-order valence-corrected chi connectivity index (χ1v) is 7.85. The minimum absolute atomic E-state index is 0.146. The molecule has 0 atom stereocenters. The van der Waals surface area contributed by atoms with E-state index in [2.05, 4.69) is 15.0 Å². The number of rotatable bonds is 6. The number of anilines is 1. The van der Waals surface area contributed by atoms with Crippen molar-refractivity contribution >= 4 is 29.3 Å². The van der Waals surface area contributed by atoms with Gasteiger partial charge in [-0.05, 0) is 18.2 Å². The van der Waals surface area contributed by atoms with Crippen molar-refractivity contribution in [2.24, 2.45) is 7.05 Å². The van der Waals surface area contributed by atoms with Crippen LogP contribution in [0.15, 0.2) is 30.6 Å². The molecule has 0 unspecified atom stereocenters. The summed E-state index contributed by atoms with van der Waals surface area (Å²) in [7, 11) is 3.08. The molecule has 8 nitrogen and oxygen atoms in total. The third-order valence-electron chi connectivity index (χ3n) is 3.54. The number of amides is 2. The molecule has 2 aromatic rings. The van der Waals surface area contributed by atoms with Crippen LogP contribution in [0.5, 0.6) is 0 Å². The second-order valence-corrected chi connectivity index (χ2v) is 5.62. The third-order valence-corrected chi connectivity index (χ3v) is 3.85. The summed E-state index contributed by atoms with van der Waals surface area (Å²) in [6, 6.07) is 4.06. The van der Waals surface area contributed by atoms with Crippen molar-refractivity contribution in [3.8, 4) is 0 Å². The van der Waals surface area contributed by atoms with E-state index in [0.717, 1.165) is 0 Å². The zero-order valence-electron chi connectivity index (χ0n) is 13.9. The van der Waals surface area contributed by atoms with Gasteiger partial charge in [0.2, 0.25) is 0 Å². The first kappa shape index (κ1) is 18.8. The molecule has 0 radical (unpaired) electrons. The van der Waals surface area contributed by atoms with E-state index in [1.165, 1.54) is 24.1 Å². The van der Waals surface area contributed by atoms with Gasteiger partial charge >= 0.3 is 12.0 Å². The molecule has 0 aliphatic heterocycles. The van der Waals surface area contributed by atoms with Gasteiger partial charge in [-0.3, -0.25) is 0 Å². The molecule has 1 heterocycles. The van der Waals surface area contributed by atoms with E-state index in [0.29, 0.717) is 11.5 Å². The van der Waals surface area contributed by atoms with E-state index in [9.17, 15) is 14.7 Å². The smallest absolute Gasteiger partial charge is 0.339 e. The Morgan fingerprint density at radius 2 is 2.20 bits per heavy atom. The molecular formula is C16H19ClN4O4. The quantitative estimate of drug-likeness (QED) is 0.761. The Morgan fingerprint density at radius 3 is 2.76 bits per heavy atom. The molecule has 0 aliphatic rings. The zero-order chi connectivity index (χ0) is 18.4. The lowest BCUT2D eigenvalue weighted by atomic mass is 10.2. The molecule has 1 aromatic heterocycles. The van der Waals surface area contributed by atoms with Gasteiger partial charge in [0.1, 0.15) is 5.82 Å². The summed E-state index contributed by atoms with van der Waals surface area (Å²) < 4.78 is 6.41. The molecule has 0 saturated carbocycles. The number of hydrogen-bond donors (Lipinski definition) is 2. The largest absolute Gasteiger partial charge is 0.465 e. The van der Waals surface area contributed by atoms with Crippen molar-refractivity contribution in [3.05, 3.63) is 47.0 Å². The maximum absolute atomic E-state index is 12.5. The molecule has 0 bridgehead atoms. The summed E-state index contributed by atoms with van der Waals surface area (Å²) in [5, 5.41) is 12.1. The number of carbonyl (C=O) groups excluding carboxylic acids is 2. The Labute approximate surface area is 150 Å². The predicted molar refractivity (Wildman–Crippen MR) is 92.5 cm³/mol. The van der Waals surface area contributed by atoms with E-state index >= 15 is 0 Å². The fraction of sp³-hybridized carbons (Fsp3) is 0.312. The second-order valence-electron chi connectivity index (χ2n) is 5.22. The van der Waals surface area contributed by atoms with Crippen LogP contribution in [-0.2, 0) is 18.3 Å². The van der Waals surface area contributed by atoms with E-state index in [4.69, 9.17) is 11.6 Å². The van der Waals surface area contributed by atoms with Gasteiger partial charge in [-0.2, -0.15) is 0 Å². The number of methoxy groups -OCH3 is 1. The number of aromatic nitrogens is 2. The van der Waals surface area contributed by atoms with Crippen molar-refractivity contribution in [3.63, 3.8) is 0 Å². The summed E-state index contributed by atoms with van der Waals surface area (Å²) in [6.07, 6.45) is 3.41. The summed E-state index contributed by atoms with van der Waals surface area (Å²) >= 11 is 6.04. The standard InChI is InChI=1S/C16H19ClN4O4/c1-20-6-5-18-14(20)10-21(7-8-22)16(24)19-11-3-4-12(13(17)9-11)15(23)25-2/h3-6,9,22H,7-8,10H2,1-2H3,(H,19,24). The van der Waals surface area contributed by atoms with Gasteiger partial charge in [0.25, 0.3) is 0 Å². The average molecular weight is 367 g/mol. The SMILES string of the molecule is COC(=O)c1ccc(NC(=O)N(CCO)Cc2nccn2C)cc1Cl. The first-order chi connectivity index (χ1) is 12.0. The van der Waals surface area contributed by atoms with Crippen LogP contribution in [0.4, 0.5) is 10.5 Å². The third kappa shape index (κ3) is 4.71. The van der Waals surface area contributed by atoms with Gasteiger partial charge in [0.05, 0.1) is 30.8 Å². The molecule has 0 fully saturated rings. The molecule has 0 spiro atoms. The topological polar surface area (TPSA) is 96.7 Å². The van der Waals surface area contributed by atoms with E-state index in [1.807, 2.05) is 7.05 Å². The van der Waals surface area contributed by atoms with Gasteiger partial charge in [-0.15, -0.1) is 0 Å². The summed E-state index contributed by atoms with van der Waals surface area (Å²) in [5.74, 6) is 0.127. The molecule has 9 heteroatoms. The van der Waals surface area contributed by atoms with Crippen molar-refractivity contribution in [2.45, 2.75) is 6.54 Å². The summed E-state index contributed by atoms with van der Waals surface area (Å²) in [4.78, 5) is 29.6. The molecule has 0 aliphatic carbocycles. The Balaban J connectivity index is 2.11. The minimum atomic E-state index is -0.556. The van der Waals surface area contributed by atoms with Crippen LogP contribution in [0, 0.1) is 0 Å². The number of urea groups is 1. The van der Waals surface area contributed by atoms with Crippen LogP contribution >= 0.6 is 11.6 Å². The number of nitrogens with one attached hydrogen (secondary N) is 1. The number of imidazole rings is 1. The number of hydrogen-bond acceptors (Lipinski definition) is 5. The molecule has 2 rings (SSSR count). The highest BCUT2D eigenvalue weighted by molar-refractivity contribution is 6.33. The average Bonchev–Trinajstić information content (AvgIpc) is 2.99. The fourth-order valence-electron chi connectivity index (χ4n) is 2.16. The Hall–Kier alpha value is -2.58. The maximum atomic E-state index is 12.5. The molecule has 134 valence electrons. The number of carbonyl (C=O) groups is 2. The summed E-state index contributed by atoms with van der Waals surface area (Å²) in [6.45, 7) is 0.205. The van der Waals surface area contributed by atoms with Gasteiger partial charge in [-0.25, -0.2) is 14.6 Å². The lowest BCUT2D eigenvalue weighted by molar-refractivity contribution is 0.0601. The maximum Gasteiger partial charge on any atom is 0.339 e. The van der Waals surface area contributed by atoms with Crippen molar-refractivity contribution < 1.29 is 19.4 Å². The predicted octanol–water partition coefficient (Wildman–Crippen LogP) is 1.89. The Morgan fingerprint density at radius 1 is 1.44 bits per heavy atom. The van der Waals surface area contributed by atoms with Gasteiger partial charge in [-0.1, -0.05) is 11.6 Å². The van der Waals surface area contributed by atoms with E-state index in [1.54, 1.807) is 23.0 Å². The van der Waals surface area contributed by atoms with Crippen LogP contribution in [0.3, 0.4) is 0 Å². The summed E-state index contributed by atoms with van der Waals surface area (Å²) in [5.41, 5.74) is 0.632. The molecule has 2 amide bonds. The minimum Gasteiger partial charge on any atom is -0.465 e. The lowest BCUT2D eigenvalue weighted by Gasteiger charge is -2.22. The van der Waals surface area contributed by atoms with Crippen LogP contribution in [-0.4, -0.2) is 51.8 Å². The number of aliphatic hydroxyl groups is 1. The monoisotopic (exact) mass is 366 g/mol. The second kappa shape index (κ2) is 8.50. The number of halogens is 1. The molecule has 0 saturated heterocycles. The number of benzene rings is 1. The molecule has 25 heavy (non-hydrogen) atoms. The van der Waals surface area contributed by atoms with E-state index in [-0.39, 0.29) is 30.3 Å². The van der Waals surface area contributed by atoms with Crippen LogP contribution < -0.4 is 5.32 Å².